The van der Waals surface area contributed by atoms with E-state index < -0.39 is 0 Å². The van der Waals surface area contributed by atoms with Gasteiger partial charge >= 0.3 is 0 Å². The van der Waals surface area contributed by atoms with Gasteiger partial charge in [0.2, 0.25) is 5.91 Å². The van der Waals surface area contributed by atoms with Crippen molar-refractivity contribution in [2.45, 2.75) is 38.1 Å². The predicted octanol–water partition coefficient (Wildman–Crippen LogP) is 2.06. The van der Waals surface area contributed by atoms with Crippen LogP contribution in [0, 0.1) is 5.92 Å². The average Bonchev–Trinajstić information content (AvgIpc) is 3.12. The zero-order valence-electron chi connectivity index (χ0n) is 15.7. The highest BCUT2D eigenvalue weighted by molar-refractivity contribution is 5.79. The van der Waals surface area contributed by atoms with Gasteiger partial charge in [0.05, 0.1) is 5.92 Å². The Morgan fingerprint density at radius 2 is 2.00 bits per heavy atom. The van der Waals surface area contributed by atoms with E-state index in [0.29, 0.717) is 6.04 Å². The van der Waals surface area contributed by atoms with Crippen LogP contribution in [0.1, 0.15) is 31.2 Å². The van der Waals surface area contributed by atoms with Gasteiger partial charge in [-0.2, -0.15) is 0 Å². The number of rotatable bonds is 5. The summed E-state index contributed by atoms with van der Waals surface area (Å²) in [6.45, 7) is 6.50. The molecule has 2 fully saturated rings. The first-order valence-corrected chi connectivity index (χ1v) is 10.2. The Balaban J connectivity index is 1.23. The van der Waals surface area contributed by atoms with Crippen LogP contribution in [0.15, 0.2) is 24.3 Å². The van der Waals surface area contributed by atoms with Crippen LogP contribution < -0.4 is 10.2 Å². The first-order chi connectivity index (χ1) is 12.8. The smallest absolute Gasteiger partial charge is 0.224 e. The van der Waals surface area contributed by atoms with Gasteiger partial charge in [-0.25, -0.2) is 0 Å². The summed E-state index contributed by atoms with van der Waals surface area (Å²) in [6, 6.07) is 9.22. The number of amides is 1. The number of hydrogen-bond acceptors (Lipinski definition) is 4. The number of para-hydroxylation sites is 1. The molecule has 3 aliphatic rings. The topological polar surface area (TPSA) is 44.8 Å². The van der Waals surface area contributed by atoms with Crippen molar-refractivity contribution in [1.82, 2.24) is 10.2 Å². The fourth-order valence-corrected chi connectivity index (χ4v) is 4.70. The van der Waals surface area contributed by atoms with E-state index in [4.69, 9.17) is 4.74 Å². The summed E-state index contributed by atoms with van der Waals surface area (Å²) in [5.41, 5.74) is 2.77. The van der Waals surface area contributed by atoms with E-state index in [9.17, 15) is 4.79 Å². The molecule has 5 nitrogen and oxygen atoms in total. The van der Waals surface area contributed by atoms with Crippen molar-refractivity contribution in [2.75, 3.05) is 50.8 Å². The fourth-order valence-electron chi connectivity index (χ4n) is 4.70. The standard InChI is InChI=1S/C21H31N3O2/c25-21(18-5-3-11-24(16-18)19-8-14-26-15-9-19)22-10-13-23-12-7-17-4-1-2-6-20(17)23/h1-2,4,6,18-19H,3,5,7-16H2,(H,22,25)/t18-/m0/s1. The second-order valence-electron chi connectivity index (χ2n) is 7.83. The van der Waals surface area contributed by atoms with Gasteiger partial charge in [-0.1, -0.05) is 18.2 Å². The predicted molar refractivity (Wildman–Crippen MR) is 104 cm³/mol. The Morgan fingerprint density at radius 3 is 2.88 bits per heavy atom. The SMILES string of the molecule is O=C(NCCN1CCc2ccccc21)[C@H]1CCCN(C2CCOCC2)C1. The van der Waals surface area contributed by atoms with Gasteiger partial charge in [0.15, 0.2) is 0 Å². The van der Waals surface area contributed by atoms with Gasteiger partial charge < -0.3 is 15.0 Å². The third-order valence-corrected chi connectivity index (χ3v) is 6.20. The maximum Gasteiger partial charge on any atom is 0.224 e. The molecule has 1 atom stereocenters. The number of nitrogens with zero attached hydrogens (tertiary/aromatic N) is 2. The van der Waals surface area contributed by atoms with Crippen molar-refractivity contribution in [1.29, 1.82) is 0 Å². The van der Waals surface area contributed by atoms with Gasteiger partial charge in [-0.3, -0.25) is 9.69 Å². The van der Waals surface area contributed by atoms with E-state index in [1.54, 1.807) is 0 Å². The largest absolute Gasteiger partial charge is 0.381 e. The molecule has 5 heteroatoms. The minimum absolute atomic E-state index is 0.150. The highest BCUT2D eigenvalue weighted by Gasteiger charge is 2.30. The number of ether oxygens (including phenoxy) is 1. The number of benzene rings is 1. The van der Waals surface area contributed by atoms with Gasteiger partial charge in [0.25, 0.3) is 0 Å². The lowest BCUT2D eigenvalue weighted by molar-refractivity contribution is -0.127. The second-order valence-corrected chi connectivity index (χ2v) is 7.83. The Labute approximate surface area is 156 Å². The molecular weight excluding hydrogens is 326 g/mol. The van der Waals surface area contributed by atoms with E-state index in [1.165, 1.54) is 11.3 Å². The number of carbonyl (C=O) groups is 1. The lowest BCUT2D eigenvalue weighted by atomic mass is 9.94. The van der Waals surface area contributed by atoms with Crippen LogP contribution >= 0.6 is 0 Å². The molecule has 4 rings (SSSR count). The van der Waals surface area contributed by atoms with Crippen LogP contribution in [0.5, 0.6) is 0 Å². The van der Waals surface area contributed by atoms with Crippen LogP contribution in [0.25, 0.3) is 0 Å². The Kier molecular flexibility index (Phi) is 5.75. The summed E-state index contributed by atoms with van der Waals surface area (Å²) in [6.07, 6.45) is 5.51. The lowest BCUT2D eigenvalue weighted by Crippen LogP contribution is -2.49. The zero-order chi connectivity index (χ0) is 17.8. The summed E-state index contributed by atoms with van der Waals surface area (Å²) in [5, 5.41) is 3.20. The Morgan fingerprint density at radius 1 is 1.15 bits per heavy atom. The van der Waals surface area contributed by atoms with E-state index in [2.05, 4.69) is 39.4 Å². The van der Waals surface area contributed by atoms with Crippen molar-refractivity contribution in [2.24, 2.45) is 5.92 Å². The number of piperidine rings is 1. The highest BCUT2D eigenvalue weighted by atomic mass is 16.5. The normalized spacial score (nSPS) is 24.5. The number of nitrogens with one attached hydrogen (secondary N) is 1. The molecule has 3 aliphatic heterocycles. The van der Waals surface area contributed by atoms with Crippen molar-refractivity contribution in [3.8, 4) is 0 Å². The van der Waals surface area contributed by atoms with Crippen LogP contribution in [-0.2, 0) is 16.0 Å². The minimum Gasteiger partial charge on any atom is -0.381 e. The van der Waals surface area contributed by atoms with Gasteiger partial charge in [-0.05, 0) is 50.3 Å². The molecule has 3 heterocycles. The zero-order valence-corrected chi connectivity index (χ0v) is 15.7. The van der Waals surface area contributed by atoms with Crippen molar-refractivity contribution in [3.05, 3.63) is 29.8 Å². The van der Waals surface area contributed by atoms with Crippen LogP contribution in [0.3, 0.4) is 0 Å². The number of fused-ring (bicyclic) bond motifs is 1. The summed E-state index contributed by atoms with van der Waals surface area (Å²) < 4.78 is 5.48. The molecular formula is C21H31N3O2. The molecule has 0 spiro atoms. The molecule has 0 aliphatic carbocycles. The summed E-state index contributed by atoms with van der Waals surface area (Å²) in [7, 11) is 0. The molecule has 0 saturated carbocycles. The Hall–Kier alpha value is -1.59. The van der Waals surface area contributed by atoms with Crippen molar-refractivity contribution >= 4 is 11.6 Å². The summed E-state index contributed by atoms with van der Waals surface area (Å²) in [4.78, 5) is 17.6. The first kappa shape index (κ1) is 17.8. The molecule has 1 N–H and O–H groups in total. The number of anilines is 1. The fraction of sp³-hybridized carbons (Fsp3) is 0.667. The molecule has 26 heavy (non-hydrogen) atoms. The molecule has 1 amide bonds. The molecule has 142 valence electrons. The van der Waals surface area contributed by atoms with Crippen LogP contribution in [0.4, 0.5) is 5.69 Å². The second kappa shape index (κ2) is 8.40. The molecule has 0 radical (unpaired) electrons. The van der Waals surface area contributed by atoms with Gasteiger partial charge in [0, 0.05) is 51.1 Å². The van der Waals surface area contributed by atoms with E-state index in [0.717, 1.165) is 78.0 Å². The van der Waals surface area contributed by atoms with Crippen LogP contribution in [0.2, 0.25) is 0 Å². The summed E-state index contributed by atoms with van der Waals surface area (Å²) >= 11 is 0. The lowest BCUT2D eigenvalue weighted by Gasteiger charge is -2.39. The summed E-state index contributed by atoms with van der Waals surface area (Å²) in [5.74, 6) is 0.395. The minimum atomic E-state index is 0.150. The molecule has 0 unspecified atom stereocenters. The maximum atomic E-state index is 12.7. The quantitative estimate of drug-likeness (QED) is 0.876. The molecule has 2 saturated heterocycles. The number of carbonyl (C=O) groups excluding carboxylic acids is 1. The third kappa shape index (κ3) is 4.04. The number of hydrogen-bond donors (Lipinski definition) is 1. The maximum absolute atomic E-state index is 12.7. The van der Waals surface area contributed by atoms with E-state index >= 15 is 0 Å². The molecule has 1 aromatic rings. The van der Waals surface area contributed by atoms with E-state index in [-0.39, 0.29) is 11.8 Å². The Bertz CT molecular complexity index is 615. The van der Waals surface area contributed by atoms with Gasteiger partial charge in [-0.15, -0.1) is 0 Å². The third-order valence-electron chi connectivity index (χ3n) is 6.20. The molecule has 1 aromatic carbocycles. The molecule has 0 bridgehead atoms. The van der Waals surface area contributed by atoms with Crippen LogP contribution in [-0.4, -0.2) is 62.8 Å². The highest BCUT2D eigenvalue weighted by Crippen LogP contribution is 2.27. The molecule has 0 aromatic heterocycles. The van der Waals surface area contributed by atoms with Gasteiger partial charge in [0.1, 0.15) is 0 Å². The monoisotopic (exact) mass is 357 g/mol. The van der Waals surface area contributed by atoms with E-state index in [1.807, 2.05) is 0 Å². The average molecular weight is 357 g/mol. The number of likely N-dealkylation sites (tertiary alicyclic amines) is 1. The van der Waals surface area contributed by atoms with Crippen molar-refractivity contribution in [3.63, 3.8) is 0 Å². The first-order valence-electron chi connectivity index (χ1n) is 10.2. The van der Waals surface area contributed by atoms with Crippen molar-refractivity contribution < 1.29 is 9.53 Å².